The Morgan fingerprint density at radius 3 is 2.94 bits per heavy atom. The summed E-state index contributed by atoms with van der Waals surface area (Å²) < 4.78 is 6.94. The standard InChI is InChI=1S/C11H7N3O3/c15-11(16)9-3-2-8(17-9)7-1-4-10-13-12-6-14(10)5-7/h1-6H,(H,15,16). The molecule has 3 aromatic rings. The van der Waals surface area contributed by atoms with Crippen LogP contribution in [0.25, 0.3) is 17.0 Å². The van der Waals surface area contributed by atoms with E-state index in [1.807, 2.05) is 0 Å². The summed E-state index contributed by atoms with van der Waals surface area (Å²) in [7, 11) is 0. The van der Waals surface area contributed by atoms with Gasteiger partial charge in [0.15, 0.2) is 5.65 Å². The molecular formula is C11H7N3O3. The zero-order valence-corrected chi connectivity index (χ0v) is 8.57. The molecule has 0 unspecified atom stereocenters. The van der Waals surface area contributed by atoms with Crippen molar-refractivity contribution in [2.75, 3.05) is 0 Å². The summed E-state index contributed by atoms with van der Waals surface area (Å²) in [6, 6.07) is 6.63. The minimum Gasteiger partial charge on any atom is -0.475 e. The number of fused-ring (bicyclic) bond motifs is 1. The Morgan fingerprint density at radius 2 is 2.18 bits per heavy atom. The van der Waals surface area contributed by atoms with E-state index < -0.39 is 5.97 Å². The largest absolute Gasteiger partial charge is 0.475 e. The van der Waals surface area contributed by atoms with Gasteiger partial charge in [-0.1, -0.05) is 0 Å². The molecule has 0 spiro atoms. The van der Waals surface area contributed by atoms with E-state index >= 15 is 0 Å². The Hall–Kier alpha value is -2.63. The summed E-state index contributed by atoms with van der Waals surface area (Å²) in [5.41, 5.74) is 1.49. The van der Waals surface area contributed by atoms with Gasteiger partial charge in [0.1, 0.15) is 12.1 Å². The van der Waals surface area contributed by atoms with Crippen molar-refractivity contribution < 1.29 is 14.3 Å². The van der Waals surface area contributed by atoms with Gasteiger partial charge in [-0.15, -0.1) is 10.2 Å². The van der Waals surface area contributed by atoms with Gasteiger partial charge in [-0.25, -0.2) is 4.79 Å². The Bertz CT molecular complexity index is 699. The van der Waals surface area contributed by atoms with Gasteiger partial charge in [0, 0.05) is 11.8 Å². The number of carbonyl (C=O) groups is 1. The Morgan fingerprint density at radius 1 is 1.29 bits per heavy atom. The van der Waals surface area contributed by atoms with E-state index in [9.17, 15) is 4.79 Å². The van der Waals surface area contributed by atoms with E-state index in [1.54, 1.807) is 35.1 Å². The van der Waals surface area contributed by atoms with Gasteiger partial charge >= 0.3 is 5.97 Å². The van der Waals surface area contributed by atoms with E-state index in [4.69, 9.17) is 9.52 Å². The van der Waals surface area contributed by atoms with Crippen molar-refractivity contribution in [2.45, 2.75) is 0 Å². The maximum atomic E-state index is 10.7. The summed E-state index contributed by atoms with van der Waals surface area (Å²) in [4.78, 5) is 10.7. The first-order chi connectivity index (χ1) is 8.24. The number of aromatic carboxylic acids is 1. The van der Waals surface area contributed by atoms with Crippen molar-refractivity contribution in [2.24, 2.45) is 0 Å². The summed E-state index contributed by atoms with van der Waals surface area (Å²) in [6.07, 6.45) is 3.35. The van der Waals surface area contributed by atoms with Gasteiger partial charge in [0.05, 0.1) is 0 Å². The van der Waals surface area contributed by atoms with Crippen LogP contribution in [0.3, 0.4) is 0 Å². The number of aromatic nitrogens is 3. The average molecular weight is 229 g/mol. The molecule has 3 rings (SSSR count). The number of carboxylic acid groups (broad SMARTS) is 1. The lowest BCUT2D eigenvalue weighted by Gasteiger charge is -1.97. The second kappa shape index (κ2) is 3.44. The van der Waals surface area contributed by atoms with Crippen molar-refractivity contribution in [3.05, 3.63) is 42.5 Å². The topological polar surface area (TPSA) is 80.6 Å². The van der Waals surface area contributed by atoms with E-state index in [2.05, 4.69) is 10.2 Å². The first-order valence-electron chi connectivity index (χ1n) is 4.87. The fraction of sp³-hybridized carbons (Fsp3) is 0. The minimum atomic E-state index is -1.08. The molecular weight excluding hydrogens is 222 g/mol. The van der Waals surface area contributed by atoms with Crippen LogP contribution in [0.15, 0.2) is 41.2 Å². The van der Waals surface area contributed by atoms with Gasteiger partial charge in [-0.3, -0.25) is 4.40 Å². The molecule has 3 aromatic heterocycles. The first kappa shape index (κ1) is 9.59. The van der Waals surface area contributed by atoms with Crippen LogP contribution in [0, 0.1) is 0 Å². The van der Waals surface area contributed by atoms with E-state index in [0.717, 1.165) is 11.2 Å². The molecule has 84 valence electrons. The zero-order valence-electron chi connectivity index (χ0n) is 8.57. The smallest absolute Gasteiger partial charge is 0.371 e. The molecule has 3 heterocycles. The SMILES string of the molecule is O=C(O)c1ccc(-c2ccc3nncn3c2)o1. The Kier molecular flexibility index (Phi) is 1.94. The lowest BCUT2D eigenvalue weighted by atomic mass is 10.2. The van der Waals surface area contributed by atoms with E-state index in [0.29, 0.717) is 5.76 Å². The van der Waals surface area contributed by atoms with Gasteiger partial charge in [0.2, 0.25) is 5.76 Å². The average Bonchev–Trinajstić information content (AvgIpc) is 2.97. The lowest BCUT2D eigenvalue weighted by Crippen LogP contribution is -1.91. The molecule has 0 atom stereocenters. The minimum absolute atomic E-state index is 0.0798. The van der Waals surface area contributed by atoms with E-state index in [1.165, 1.54) is 6.07 Å². The number of carboxylic acids is 1. The van der Waals surface area contributed by atoms with Crippen LogP contribution in [0.5, 0.6) is 0 Å². The van der Waals surface area contributed by atoms with Gasteiger partial charge in [-0.2, -0.15) is 0 Å². The lowest BCUT2D eigenvalue weighted by molar-refractivity contribution is 0.0663. The van der Waals surface area contributed by atoms with Crippen molar-refractivity contribution in [3.63, 3.8) is 0 Å². The predicted octanol–water partition coefficient (Wildman–Crippen LogP) is 1.69. The molecule has 0 saturated heterocycles. The van der Waals surface area contributed by atoms with Crippen molar-refractivity contribution >= 4 is 11.6 Å². The molecule has 0 saturated carbocycles. The molecule has 0 amide bonds. The number of furan rings is 1. The number of pyridine rings is 1. The maximum Gasteiger partial charge on any atom is 0.371 e. The predicted molar refractivity (Wildman–Crippen MR) is 57.6 cm³/mol. The molecule has 1 N–H and O–H groups in total. The second-order valence-corrected chi connectivity index (χ2v) is 3.48. The normalized spacial score (nSPS) is 10.8. The molecule has 6 nitrogen and oxygen atoms in total. The Labute approximate surface area is 95.1 Å². The van der Waals surface area contributed by atoms with Crippen molar-refractivity contribution in [1.29, 1.82) is 0 Å². The highest BCUT2D eigenvalue weighted by Crippen LogP contribution is 2.22. The molecule has 0 aromatic carbocycles. The number of hydrogen-bond donors (Lipinski definition) is 1. The van der Waals surface area contributed by atoms with Crippen LogP contribution in [-0.4, -0.2) is 25.7 Å². The summed E-state index contributed by atoms with van der Waals surface area (Å²) in [5, 5.41) is 16.4. The third-order valence-electron chi connectivity index (χ3n) is 2.39. The van der Waals surface area contributed by atoms with Crippen molar-refractivity contribution in [3.8, 4) is 11.3 Å². The number of nitrogens with zero attached hydrogens (tertiary/aromatic N) is 3. The molecule has 17 heavy (non-hydrogen) atoms. The summed E-state index contributed by atoms with van der Waals surface area (Å²) in [5.74, 6) is -0.663. The summed E-state index contributed by atoms with van der Waals surface area (Å²) >= 11 is 0. The van der Waals surface area contributed by atoms with E-state index in [-0.39, 0.29) is 5.76 Å². The quantitative estimate of drug-likeness (QED) is 0.723. The molecule has 0 aliphatic rings. The monoisotopic (exact) mass is 229 g/mol. The Balaban J connectivity index is 2.09. The highest BCUT2D eigenvalue weighted by Gasteiger charge is 2.10. The molecule has 0 bridgehead atoms. The molecule has 0 fully saturated rings. The van der Waals surface area contributed by atoms with Crippen LogP contribution < -0.4 is 0 Å². The number of rotatable bonds is 2. The van der Waals surface area contributed by atoms with Gasteiger partial charge < -0.3 is 9.52 Å². The summed E-state index contributed by atoms with van der Waals surface area (Å²) in [6.45, 7) is 0. The second-order valence-electron chi connectivity index (χ2n) is 3.48. The molecule has 0 radical (unpaired) electrons. The maximum absolute atomic E-state index is 10.7. The highest BCUT2D eigenvalue weighted by molar-refractivity contribution is 5.85. The third kappa shape index (κ3) is 1.55. The number of hydrogen-bond acceptors (Lipinski definition) is 4. The van der Waals surface area contributed by atoms with Crippen molar-refractivity contribution in [1.82, 2.24) is 14.6 Å². The zero-order chi connectivity index (χ0) is 11.8. The first-order valence-corrected chi connectivity index (χ1v) is 4.87. The van der Waals surface area contributed by atoms with Gasteiger partial charge in [0.25, 0.3) is 0 Å². The third-order valence-corrected chi connectivity index (χ3v) is 2.39. The van der Waals surface area contributed by atoms with Crippen LogP contribution in [0.2, 0.25) is 0 Å². The fourth-order valence-electron chi connectivity index (χ4n) is 1.58. The van der Waals surface area contributed by atoms with Crippen LogP contribution >= 0.6 is 0 Å². The molecule has 0 aliphatic carbocycles. The van der Waals surface area contributed by atoms with Crippen LogP contribution in [0.4, 0.5) is 0 Å². The van der Waals surface area contributed by atoms with Crippen LogP contribution in [0.1, 0.15) is 10.6 Å². The highest BCUT2D eigenvalue weighted by atomic mass is 16.4. The fourth-order valence-corrected chi connectivity index (χ4v) is 1.58. The molecule has 0 aliphatic heterocycles. The van der Waals surface area contributed by atoms with Crippen LogP contribution in [-0.2, 0) is 0 Å². The molecule has 6 heteroatoms. The van der Waals surface area contributed by atoms with Gasteiger partial charge in [-0.05, 0) is 24.3 Å².